The summed E-state index contributed by atoms with van der Waals surface area (Å²) in [5, 5.41) is 10.3. The van der Waals surface area contributed by atoms with Crippen LogP contribution < -0.4 is 11.5 Å². The monoisotopic (exact) mass is 462 g/mol. The molecular formula is C22H15BrN4OS. The van der Waals surface area contributed by atoms with Crippen LogP contribution in [0.1, 0.15) is 20.8 Å². The predicted molar refractivity (Wildman–Crippen MR) is 121 cm³/mol. The number of nitrogens with two attached hydrogens (primary N) is 2. The number of aromatic nitrogens is 1. The van der Waals surface area contributed by atoms with E-state index in [1.165, 1.54) is 11.3 Å². The standard InChI is InChI=1S/C22H15BrN4OS/c23-14-8-6-13(7-9-14)17-15(11-24)21(26)27-22-18(17)19(25)20(29-22)16(28)10-12-4-2-1-3-5-12/h1-9H,10,25H2,(H2,26,27). The van der Waals surface area contributed by atoms with Crippen molar-refractivity contribution in [1.29, 1.82) is 5.26 Å². The number of carbonyl (C=O) groups is 1. The second-order valence-corrected chi connectivity index (χ2v) is 8.39. The van der Waals surface area contributed by atoms with E-state index in [-0.39, 0.29) is 23.6 Å². The van der Waals surface area contributed by atoms with Crippen molar-refractivity contribution in [2.75, 3.05) is 11.5 Å². The second-order valence-electron chi connectivity index (χ2n) is 6.48. The zero-order valence-corrected chi connectivity index (χ0v) is 17.5. The number of nitrogens with zero attached hydrogens (tertiary/aromatic N) is 2. The number of thiophene rings is 1. The molecule has 0 amide bonds. The van der Waals surface area contributed by atoms with Gasteiger partial charge in [-0.2, -0.15) is 5.26 Å². The number of hydrogen-bond donors (Lipinski definition) is 2. The average molecular weight is 463 g/mol. The molecule has 7 heteroatoms. The first kappa shape index (κ1) is 19.1. The fraction of sp³-hybridized carbons (Fsp3) is 0.0455. The first-order chi connectivity index (χ1) is 14.0. The molecule has 5 nitrogen and oxygen atoms in total. The average Bonchev–Trinajstić information content (AvgIpc) is 3.04. The van der Waals surface area contributed by atoms with Crippen LogP contribution in [0.2, 0.25) is 0 Å². The summed E-state index contributed by atoms with van der Waals surface area (Å²) in [6.45, 7) is 0. The van der Waals surface area contributed by atoms with Crippen LogP contribution >= 0.6 is 27.3 Å². The largest absolute Gasteiger partial charge is 0.397 e. The van der Waals surface area contributed by atoms with E-state index in [1.807, 2.05) is 54.6 Å². The molecule has 29 heavy (non-hydrogen) atoms. The van der Waals surface area contributed by atoms with E-state index >= 15 is 0 Å². The summed E-state index contributed by atoms with van der Waals surface area (Å²) in [4.78, 5) is 18.3. The fourth-order valence-corrected chi connectivity index (χ4v) is 4.57. The fourth-order valence-electron chi connectivity index (χ4n) is 3.26. The summed E-state index contributed by atoms with van der Waals surface area (Å²) in [5.74, 6) is 0.0387. The van der Waals surface area contributed by atoms with Crippen molar-refractivity contribution in [3.8, 4) is 17.2 Å². The van der Waals surface area contributed by atoms with E-state index < -0.39 is 0 Å². The van der Waals surface area contributed by atoms with Crippen molar-refractivity contribution in [2.24, 2.45) is 0 Å². The summed E-state index contributed by atoms with van der Waals surface area (Å²) in [7, 11) is 0. The van der Waals surface area contributed by atoms with Crippen LogP contribution in [0.3, 0.4) is 0 Å². The molecule has 4 rings (SSSR count). The van der Waals surface area contributed by atoms with Gasteiger partial charge >= 0.3 is 0 Å². The number of nitriles is 1. The summed E-state index contributed by atoms with van der Waals surface area (Å²) >= 11 is 4.63. The maximum atomic E-state index is 12.9. The molecule has 0 saturated heterocycles. The van der Waals surface area contributed by atoms with Crippen LogP contribution in [0.5, 0.6) is 0 Å². The van der Waals surface area contributed by atoms with Crippen LogP contribution in [0.15, 0.2) is 59.1 Å². The third kappa shape index (κ3) is 3.48. The maximum Gasteiger partial charge on any atom is 0.179 e. The molecule has 2 heterocycles. The number of pyridine rings is 1. The Morgan fingerprint density at radius 1 is 1.10 bits per heavy atom. The summed E-state index contributed by atoms with van der Waals surface area (Å²) in [6.07, 6.45) is 0.242. The number of Topliss-reactive ketones (excluding diaryl/α,β-unsaturated/α-hetero) is 1. The van der Waals surface area contributed by atoms with Crippen molar-refractivity contribution in [1.82, 2.24) is 4.98 Å². The minimum atomic E-state index is -0.0875. The van der Waals surface area contributed by atoms with Gasteiger partial charge in [0.1, 0.15) is 22.3 Å². The number of fused-ring (bicyclic) bond motifs is 1. The Kier molecular flexibility index (Phi) is 5.05. The topological polar surface area (TPSA) is 106 Å². The van der Waals surface area contributed by atoms with Crippen molar-refractivity contribution in [2.45, 2.75) is 6.42 Å². The van der Waals surface area contributed by atoms with Crippen LogP contribution in [-0.4, -0.2) is 10.8 Å². The summed E-state index contributed by atoms with van der Waals surface area (Å²) in [5.41, 5.74) is 15.4. The van der Waals surface area contributed by atoms with E-state index in [4.69, 9.17) is 11.5 Å². The lowest BCUT2D eigenvalue weighted by atomic mass is 9.97. The molecule has 0 radical (unpaired) electrons. The smallest absolute Gasteiger partial charge is 0.179 e. The molecule has 4 N–H and O–H groups in total. The maximum absolute atomic E-state index is 12.9. The highest BCUT2D eigenvalue weighted by Crippen LogP contribution is 2.43. The zero-order chi connectivity index (χ0) is 20.5. The van der Waals surface area contributed by atoms with Gasteiger partial charge in [0.2, 0.25) is 0 Å². The number of nitrogen functional groups attached to an aromatic ring is 2. The molecule has 0 saturated carbocycles. The van der Waals surface area contributed by atoms with Crippen LogP contribution in [0.25, 0.3) is 21.3 Å². The van der Waals surface area contributed by atoms with Gasteiger partial charge < -0.3 is 11.5 Å². The molecule has 142 valence electrons. The van der Waals surface area contributed by atoms with Crippen molar-refractivity contribution < 1.29 is 4.79 Å². The minimum absolute atomic E-state index is 0.0875. The van der Waals surface area contributed by atoms with Gasteiger partial charge in [-0.15, -0.1) is 11.3 Å². The third-order valence-electron chi connectivity index (χ3n) is 4.61. The lowest BCUT2D eigenvalue weighted by Crippen LogP contribution is -2.04. The normalized spacial score (nSPS) is 10.8. The van der Waals surface area contributed by atoms with Crippen molar-refractivity contribution in [3.05, 3.63) is 75.1 Å². The lowest BCUT2D eigenvalue weighted by molar-refractivity contribution is 0.0997. The Labute approximate surface area is 179 Å². The van der Waals surface area contributed by atoms with Crippen LogP contribution in [0.4, 0.5) is 11.5 Å². The third-order valence-corrected chi connectivity index (χ3v) is 6.28. The first-order valence-corrected chi connectivity index (χ1v) is 10.3. The highest BCUT2D eigenvalue weighted by molar-refractivity contribution is 9.10. The molecule has 4 aromatic rings. The van der Waals surface area contributed by atoms with Gasteiger partial charge in [-0.1, -0.05) is 58.4 Å². The van der Waals surface area contributed by atoms with Gasteiger partial charge in [-0.25, -0.2) is 4.98 Å². The molecule has 0 spiro atoms. The Morgan fingerprint density at radius 3 is 2.45 bits per heavy atom. The number of rotatable bonds is 4. The van der Waals surface area contributed by atoms with Gasteiger partial charge in [-0.05, 0) is 23.3 Å². The number of anilines is 2. The van der Waals surface area contributed by atoms with E-state index in [1.54, 1.807) is 0 Å². The second kappa shape index (κ2) is 7.66. The van der Waals surface area contributed by atoms with Gasteiger partial charge in [-0.3, -0.25) is 4.79 Å². The molecule has 0 aliphatic rings. The number of benzene rings is 2. The molecule has 0 aliphatic carbocycles. The van der Waals surface area contributed by atoms with Crippen LogP contribution in [-0.2, 0) is 6.42 Å². The number of carbonyl (C=O) groups excluding carboxylic acids is 1. The molecule has 0 aliphatic heterocycles. The van der Waals surface area contributed by atoms with Gasteiger partial charge in [0.05, 0.1) is 10.6 Å². The highest BCUT2D eigenvalue weighted by atomic mass is 79.9. The Bertz CT molecular complexity index is 1270. The SMILES string of the molecule is N#Cc1c(N)nc2sc(C(=O)Cc3ccccc3)c(N)c2c1-c1ccc(Br)cc1. The number of ketones is 1. The quantitative estimate of drug-likeness (QED) is 0.406. The molecule has 0 fully saturated rings. The number of hydrogen-bond acceptors (Lipinski definition) is 6. The summed E-state index contributed by atoms with van der Waals surface area (Å²) in [6, 6.07) is 19.1. The molecule has 0 unspecified atom stereocenters. The molecule has 0 atom stereocenters. The van der Waals surface area contributed by atoms with Crippen molar-refractivity contribution >= 4 is 54.8 Å². The van der Waals surface area contributed by atoms with Crippen LogP contribution in [0, 0.1) is 11.3 Å². The molecular weight excluding hydrogens is 448 g/mol. The van der Waals surface area contributed by atoms with E-state index in [2.05, 4.69) is 27.0 Å². The Hall–Kier alpha value is -3.21. The van der Waals surface area contributed by atoms with E-state index in [0.717, 1.165) is 15.6 Å². The first-order valence-electron chi connectivity index (χ1n) is 8.74. The predicted octanol–water partition coefficient (Wildman–Crippen LogP) is 5.19. The van der Waals surface area contributed by atoms with Gasteiger partial charge in [0.25, 0.3) is 0 Å². The Balaban J connectivity index is 1.92. The molecule has 2 aromatic heterocycles. The van der Waals surface area contributed by atoms with Gasteiger partial charge in [0.15, 0.2) is 5.78 Å². The number of halogens is 1. The van der Waals surface area contributed by atoms with E-state index in [0.29, 0.717) is 26.3 Å². The Morgan fingerprint density at radius 2 is 1.79 bits per heavy atom. The minimum Gasteiger partial charge on any atom is -0.397 e. The zero-order valence-electron chi connectivity index (χ0n) is 15.1. The lowest BCUT2D eigenvalue weighted by Gasteiger charge is -2.09. The van der Waals surface area contributed by atoms with E-state index in [9.17, 15) is 10.1 Å². The highest BCUT2D eigenvalue weighted by Gasteiger charge is 2.24. The van der Waals surface area contributed by atoms with Gasteiger partial charge in [0, 0.05) is 21.8 Å². The molecule has 0 bridgehead atoms. The summed E-state index contributed by atoms with van der Waals surface area (Å²) < 4.78 is 0.912. The molecule has 2 aromatic carbocycles. The van der Waals surface area contributed by atoms with Crippen molar-refractivity contribution in [3.63, 3.8) is 0 Å².